The monoisotopic (exact) mass is 289 g/mol. The summed E-state index contributed by atoms with van der Waals surface area (Å²) >= 11 is 2.25. The number of nitrogens with two attached hydrogens (primary N) is 1. The van der Waals surface area contributed by atoms with Gasteiger partial charge in [-0.15, -0.1) is 0 Å². The number of hydrogen-bond donors (Lipinski definition) is 1. The van der Waals surface area contributed by atoms with E-state index in [1.807, 2.05) is 18.2 Å². The maximum absolute atomic E-state index is 5.73. The summed E-state index contributed by atoms with van der Waals surface area (Å²) < 4.78 is 6.86. The molecule has 1 aromatic carbocycles. The zero-order chi connectivity index (χ0) is 9.26. The fourth-order valence-corrected chi connectivity index (χ4v) is 2.00. The van der Waals surface area contributed by atoms with Gasteiger partial charge in [-0.2, -0.15) is 0 Å². The third-order valence-corrected chi connectivity index (χ3v) is 2.87. The summed E-state index contributed by atoms with van der Waals surface area (Å²) in [5.74, 6) is 0.911. The molecule has 1 aromatic rings. The second-order valence-corrected chi connectivity index (χ2v) is 4.64. The van der Waals surface area contributed by atoms with Crippen LogP contribution in [-0.4, -0.2) is 6.10 Å². The van der Waals surface area contributed by atoms with E-state index in [-0.39, 0.29) is 0 Å². The van der Waals surface area contributed by atoms with Crippen LogP contribution in [0.5, 0.6) is 5.75 Å². The van der Waals surface area contributed by atoms with Gasteiger partial charge in [-0.25, -0.2) is 0 Å². The minimum atomic E-state index is 0.428. The minimum absolute atomic E-state index is 0.428. The first-order valence-corrected chi connectivity index (χ1v) is 5.54. The quantitative estimate of drug-likeness (QED) is 0.671. The Morgan fingerprint density at radius 2 is 2.08 bits per heavy atom. The van der Waals surface area contributed by atoms with Gasteiger partial charge >= 0.3 is 0 Å². The molecule has 0 heterocycles. The van der Waals surface area contributed by atoms with E-state index in [4.69, 9.17) is 10.5 Å². The predicted molar refractivity (Wildman–Crippen MR) is 61.8 cm³/mol. The minimum Gasteiger partial charge on any atom is -0.490 e. The number of benzene rings is 1. The molecule has 13 heavy (non-hydrogen) atoms. The van der Waals surface area contributed by atoms with Crippen molar-refractivity contribution in [3.05, 3.63) is 21.8 Å². The van der Waals surface area contributed by atoms with Crippen LogP contribution in [0, 0.1) is 3.57 Å². The predicted octanol–water partition coefficient (Wildman–Crippen LogP) is 2.80. The van der Waals surface area contributed by atoms with E-state index in [1.54, 1.807) is 0 Å². The van der Waals surface area contributed by atoms with Gasteiger partial charge in [0.05, 0.1) is 6.10 Å². The maximum Gasteiger partial charge on any atom is 0.122 e. The Kier molecular flexibility index (Phi) is 2.62. The van der Waals surface area contributed by atoms with Crippen molar-refractivity contribution in [3.63, 3.8) is 0 Å². The molecule has 1 aliphatic rings. The SMILES string of the molecule is Nc1cc(I)cc(OC2CCC2)c1. The summed E-state index contributed by atoms with van der Waals surface area (Å²) in [6.07, 6.45) is 4.10. The van der Waals surface area contributed by atoms with Crippen molar-refractivity contribution in [2.24, 2.45) is 0 Å². The van der Waals surface area contributed by atoms with E-state index in [2.05, 4.69) is 22.6 Å². The smallest absolute Gasteiger partial charge is 0.122 e. The molecule has 0 amide bonds. The van der Waals surface area contributed by atoms with Gasteiger partial charge in [-0.05, 0) is 54.0 Å². The average molecular weight is 289 g/mol. The van der Waals surface area contributed by atoms with Gasteiger partial charge in [0.1, 0.15) is 5.75 Å². The highest BCUT2D eigenvalue weighted by Crippen LogP contribution is 2.27. The second-order valence-electron chi connectivity index (χ2n) is 3.39. The zero-order valence-electron chi connectivity index (χ0n) is 7.29. The van der Waals surface area contributed by atoms with Gasteiger partial charge in [0.2, 0.25) is 0 Å². The van der Waals surface area contributed by atoms with Gasteiger partial charge in [0.15, 0.2) is 0 Å². The van der Waals surface area contributed by atoms with Crippen molar-refractivity contribution < 1.29 is 4.74 Å². The molecule has 0 atom stereocenters. The van der Waals surface area contributed by atoms with Crippen molar-refractivity contribution in [1.82, 2.24) is 0 Å². The van der Waals surface area contributed by atoms with E-state index >= 15 is 0 Å². The lowest BCUT2D eigenvalue weighted by Gasteiger charge is -2.26. The molecule has 70 valence electrons. The molecule has 0 spiro atoms. The lowest BCUT2D eigenvalue weighted by Crippen LogP contribution is -2.24. The van der Waals surface area contributed by atoms with E-state index in [1.165, 1.54) is 19.3 Å². The lowest BCUT2D eigenvalue weighted by atomic mass is 9.96. The molecule has 0 aromatic heterocycles. The molecule has 1 aliphatic carbocycles. The number of hydrogen-bond acceptors (Lipinski definition) is 2. The first-order chi connectivity index (χ1) is 6.24. The Hall–Kier alpha value is -0.450. The van der Waals surface area contributed by atoms with Gasteiger partial charge in [0.25, 0.3) is 0 Å². The first-order valence-electron chi connectivity index (χ1n) is 4.47. The number of ether oxygens (including phenoxy) is 1. The normalized spacial score (nSPS) is 16.7. The van der Waals surface area contributed by atoms with Gasteiger partial charge < -0.3 is 10.5 Å². The van der Waals surface area contributed by atoms with Crippen LogP contribution in [0.2, 0.25) is 0 Å². The molecule has 0 unspecified atom stereocenters. The van der Waals surface area contributed by atoms with Crippen LogP contribution in [-0.2, 0) is 0 Å². The number of anilines is 1. The van der Waals surface area contributed by atoms with Gasteiger partial charge in [-0.1, -0.05) is 0 Å². The highest BCUT2D eigenvalue weighted by molar-refractivity contribution is 14.1. The van der Waals surface area contributed by atoms with Gasteiger partial charge in [0, 0.05) is 15.3 Å². The summed E-state index contributed by atoms with van der Waals surface area (Å²) in [4.78, 5) is 0. The molecular formula is C10H12INO. The molecule has 0 aliphatic heterocycles. The fraction of sp³-hybridized carbons (Fsp3) is 0.400. The molecule has 2 rings (SSSR count). The first kappa shape index (κ1) is 9.12. The third-order valence-electron chi connectivity index (χ3n) is 2.25. The number of rotatable bonds is 2. The molecule has 0 saturated heterocycles. The van der Waals surface area contributed by atoms with Gasteiger partial charge in [-0.3, -0.25) is 0 Å². The Bertz CT molecular complexity index is 290. The zero-order valence-corrected chi connectivity index (χ0v) is 9.45. The summed E-state index contributed by atoms with van der Waals surface area (Å²) in [6.45, 7) is 0. The van der Waals surface area contributed by atoms with Crippen molar-refractivity contribution in [3.8, 4) is 5.75 Å². The highest BCUT2D eigenvalue weighted by atomic mass is 127. The lowest BCUT2D eigenvalue weighted by molar-refractivity contribution is 0.120. The molecule has 2 nitrogen and oxygen atoms in total. The molecule has 1 fully saturated rings. The molecule has 0 radical (unpaired) electrons. The van der Waals surface area contributed by atoms with E-state index < -0.39 is 0 Å². The average Bonchev–Trinajstić information content (AvgIpc) is 1.95. The molecule has 1 saturated carbocycles. The molecule has 2 N–H and O–H groups in total. The largest absolute Gasteiger partial charge is 0.490 e. The topological polar surface area (TPSA) is 35.2 Å². The van der Waals surface area contributed by atoms with Crippen molar-refractivity contribution in [1.29, 1.82) is 0 Å². The standard InChI is InChI=1S/C10H12INO/c11-7-4-8(12)6-10(5-7)13-9-2-1-3-9/h4-6,9H,1-3,12H2. The van der Waals surface area contributed by atoms with E-state index in [9.17, 15) is 0 Å². The van der Waals surface area contributed by atoms with Crippen LogP contribution in [0.15, 0.2) is 18.2 Å². The molecule has 0 bridgehead atoms. The van der Waals surface area contributed by atoms with E-state index in [0.717, 1.165) is 15.0 Å². The fourth-order valence-electron chi connectivity index (χ4n) is 1.33. The van der Waals surface area contributed by atoms with Crippen LogP contribution in [0.3, 0.4) is 0 Å². The molecular weight excluding hydrogens is 277 g/mol. The Balaban J connectivity index is 2.10. The third kappa shape index (κ3) is 2.27. The van der Waals surface area contributed by atoms with Crippen LogP contribution in [0.25, 0.3) is 0 Å². The Morgan fingerprint density at radius 3 is 2.62 bits per heavy atom. The van der Waals surface area contributed by atoms with Crippen LogP contribution >= 0.6 is 22.6 Å². The van der Waals surface area contributed by atoms with Crippen LogP contribution in [0.1, 0.15) is 19.3 Å². The summed E-state index contributed by atoms with van der Waals surface area (Å²) in [5.41, 5.74) is 6.49. The Labute approximate surface area is 91.6 Å². The van der Waals surface area contributed by atoms with Crippen LogP contribution < -0.4 is 10.5 Å². The summed E-state index contributed by atoms with van der Waals surface area (Å²) in [6, 6.07) is 5.85. The number of halogens is 1. The van der Waals surface area contributed by atoms with Crippen molar-refractivity contribution >= 4 is 28.3 Å². The van der Waals surface area contributed by atoms with Crippen molar-refractivity contribution in [2.45, 2.75) is 25.4 Å². The highest BCUT2D eigenvalue weighted by Gasteiger charge is 2.19. The van der Waals surface area contributed by atoms with Crippen LogP contribution in [0.4, 0.5) is 5.69 Å². The van der Waals surface area contributed by atoms with E-state index in [0.29, 0.717) is 6.10 Å². The Morgan fingerprint density at radius 1 is 1.31 bits per heavy atom. The summed E-state index contributed by atoms with van der Waals surface area (Å²) in [5, 5.41) is 0. The molecule has 3 heteroatoms. The van der Waals surface area contributed by atoms with Crippen molar-refractivity contribution in [2.75, 3.05) is 5.73 Å². The maximum atomic E-state index is 5.73. The number of nitrogen functional groups attached to an aromatic ring is 1. The summed E-state index contributed by atoms with van der Waals surface area (Å²) in [7, 11) is 0. The second kappa shape index (κ2) is 3.74.